The lowest BCUT2D eigenvalue weighted by atomic mass is 10.2. The Morgan fingerprint density at radius 2 is 1.84 bits per heavy atom. The fourth-order valence-electron chi connectivity index (χ4n) is 1.95. The van der Waals surface area contributed by atoms with Crippen molar-refractivity contribution in [2.24, 2.45) is 0 Å². The maximum Gasteiger partial charge on any atom is 0.125 e. The largest absolute Gasteiger partial charge is 0.385 e. The third-order valence-corrected chi connectivity index (χ3v) is 3.02. The summed E-state index contributed by atoms with van der Waals surface area (Å²) in [4.78, 5) is 2.07. The molecule has 0 aromatic heterocycles. The molecule has 0 spiro atoms. The van der Waals surface area contributed by atoms with Gasteiger partial charge in [0, 0.05) is 31.5 Å². The summed E-state index contributed by atoms with van der Waals surface area (Å²) in [6.45, 7) is 1.80. The molecular formula is C16H19FN2. The zero-order chi connectivity index (χ0) is 13.5. The number of para-hydroxylation sites is 1. The van der Waals surface area contributed by atoms with Crippen molar-refractivity contribution in [3.05, 3.63) is 60.4 Å². The quantitative estimate of drug-likeness (QED) is 0.794. The maximum absolute atomic E-state index is 13.1. The summed E-state index contributed by atoms with van der Waals surface area (Å²) in [6.07, 6.45) is 1.00. The molecule has 3 heteroatoms. The first-order valence-electron chi connectivity index (χ1n) is 6.51. The minimum absolute atomic E-state index is 0.188. The van der Waals surface area contributed by atoms with E-state index >= 15 is 0 Å². The molecule has 0 saturated heterocycles. The lowest BCUT2D eigenvalue weighted by Crippen LogP contribution is -2.20. The summed E-state index contributed by atoms with van der Waals surface area (Å²) in [6, 6.07) is 16.8. The number of nitrogens with zero attached hydrogens (tertiary/aromatic N) is 1. The third-order valence-electron chi connectivity index (χ3n) is 3.02. The van der Waals surface area contributed by atoms with E-state index in [9.17, 15) is 4.39 Å². The van der Waals surface area contributed by atoms with E-state index in [1.54, 1.807) is 12.1 Å². The first-order valence-corrected chi connectivity index (χ1v) is 6.51. The van der Waals surface area contributed by atoms with Gasteiger partial charge in [-0.3, -0.25) is 0 Å². The molecule has 0 bridgehead atoms. The van der Waals surface area contributed by atoms with Crippen molar-refractivity contribution in [3.63, 3.8) is 0 Å². The van der Waals surface area contributed by atoms with Gasteiger partial charge in [-0.2, -0.15) is 0 Å². The van der Waals surface area contributed by atoms with Crippen molar-refractivity contribution >= 4 is 11.4 Å². The van der Waals surface area contributed by atoms with E-state index in [-0.39, 0.29) is 5.82 Å². The number of halogens is 1. The Balaban J connectivity index is 1.74. The standard InChI is InChI=1S/C16H19FN2/c1-19(16-10-5-7-14(17)13-16)12-6-11-18-15-8-3-2-4-9-15/h2-5,7-10,13,18H,6,11-12H2,1H3. The molecule has 0 fully saturated rings. The van der Waals surface area contributed by atoms with Crippen LogP contribution < -0.4 is 10.2 Å². The van der Waals surface area contributed by atoms with Crippen LogP contribution in [0.4, 0.5) is 15.8 Å². The minimum Gasteiger partial charge on any atom is -0.385 e. The Morgan fingerprint density at radius 1 is 1.05 bits per heavy atom. The van der Waals surface area contributed by atoms with Crippen LogP contribution >= 0.6 is 0 Å². The van der Waals surface area contributed by atoms with Crippen molar-refractivity contribution in [3.8, 4) is 0 Å². The summed E-state index contributed by atoms with van der Waals surface area (Å²) in [5.41, 5.74) is 2.05. The molecular weight excluding hydrogens is 239 g/mol. The number of benzene rings is 2. The molecule has 2 nitrogen and oxygen atoms in total. The van der Waals surface area contributed by atoms with Gasteiger partial charge >= 0.3 is 0 Å². The summed E-state index contributed by atoms with van der Waals surface area (Å²) in [7, 11) is 1.98. The Bertz CT molecular complexity index is 499. The topological polar surface area (TPSA) is 15.3 Å². The van der Waals surface area contributed by atoms with Crippen molar-refractivity contribution in [2.75, 3.05) is 30.4 Å². The SMILES string of the molecule is CN(CCCNc1ccccc1)c1cccc(F)c1. The Morgan fingerprint density at radius 3 is 2.58 bits per heavy atom. The fraction of sp³-hybridized carbons (Fsp3) is 0.250. The van der Waals surface area contributed by atoms with Crippen LogP contribution in [0, 0.1) is 5.82 Å². The zero-order valence-electron chi connectivity index (χ0n) is 11.1. The third kappa shape index (κ3) is 4.28. The molecule has 19 heavy (non-hydrogen) atoms. The Hall–Kier alpha value is -2.03. The number of nitrogens with one attached hydrogen (secondary N) is 1. The molecule has 0 aliphatic heterocycles. The van der Waals surface area contributed by atoms with E-state index in [0.717, 1.165) is 30.9 Å². The molecule has 0 aliphatic carbocycles. The van der Waals surface area contributed by atoms with Crippen LogP contribution in [0.25, 0.3) is 0 Å². The van der Waals surface area contributed by atoms with Gasteiger partial charge < -0.3 is 10.2 Å². The highest BCUT2D eigenvalue weighted by Crippen LogP contribution is 2.14. The van der Waals surface area contributed by atoms with Crippen molar-refractivity contribution in [1.82, 2.24) is 0 Å². The molecule has 2 aromatic carbocycles. The second kappa shape index (κ2) is 6.78. The smallest absolute Gasteiger partial charge is 0.125 e. The number of hydrogen-bond donors (Lipinski definition) is 1. The van der Waals surface area contributed by atoms with E-state index in [1.165, 1.54) is 6.07 Å². The second-order valence-electron chi connectivity index (χ2n) is 4.55. The van der Waals surface area contributed by atoms with Crippen LogP contribution in [0.2, 0.25) is 0 Å². The van der Waals surface area contributed by atoms with E-state index in [4.69, 9.17) is 0 Å². The van der Waals surface area contributed by atoms with E-state index < -0.39 is 0 Å². The predicted octanol–water partition coefficient (Wildman–Crippen LogP) is 3.76. The van der Waals surface area contributed by atoms with Gasteiger partial charge in [-0.1, -0.05) is 24.3 Å². The normalized spacial score (nSPS) is 10.2. The van der Waals surface area contributed by atoms with Crippen LogP contribution in [0.3, 0.4) is 0 Å². The van der Waals surface area contributed by atoms with Gasteiger partial charge in [0.1, 0.15) is 5.82 Å². The van der Waals surface area contributed by atoms with Gasteiger partial charge in [-0.15, -0.1) is 0 Å². The number of rotatable bonds is 6. The number of hydrogen-bond acceptors (Lipinski definition) is 2. The molecule has 0 heterocycles. The second-order valence-corrected chi connectivity index (χ2v) is 4.55. The van der Waals surface area contributed by atoms with Gasteiger partial charge in [0.15, 0.2) is 0 Å². The molecule has 0 atom stereocenters. The molecule has 0 unspecified atom stereocenters. The predicted molar refractivity (Wildman–Crippen MR) is 79.2 cm³/mol. The summed E-state index contributed by atoms with van der Waals surface area (Å²) >= 11 is 0. The number of anilines is 2. The molecule has 1 N–H and O–H groups in total. The Labute approximate surface area is 113 Å². The molecule has 0 amide bonds. The van der Waals surface area contributed by atoms with Crippen LogP contribution in [-0.2, 0) is 0 Å². The molecule has 100 valence electrons. The first kappa shape index (κ1) is 13.4. The lowest BCUT2D eigenvalue weighted by Gasteiger charge is -2.19. The summed E-state index contributed by atoms with van der Waals surface area (Å²) in [5.74, 6) is -0.188. The highest BCUT2D eigenvalue weighted by atomic mass is 19.1. The highest BCUT2D eigenvalue weighted by Gasteiger charge is 2.01. The lowest BCUT2D eigenvalue weighted by molar-refractivity contribution is 0.627. The maximum atomic E-state index is 13.1. The Kier molecular flexibility index (Phi) is 4.78. The fourth-order valence-corrected chi connectivity index (χ4v) is 1.95. The van der Waals surface area contributed by atoms with Crippen LogP contribution in [-0.4, -0.2) is 20.1 Å². The average Bonchev–Trinajstić information content (AvgIpc) is 2.44. The van der Waals surface area contributed by atoms with Crippen LogP contribution in [0.5, 0.6) is 0 Å². The summed E-state index contributed by atoms with van der Waals surface area (Å²) < 4.78 is 13.1. The average molecular weight is 258 g/mol. The van der Waals surface area contributed by atoms with Gasteiger partial charge in [-0.05, 0) is 36.8 Å². The zero-order valence-corrected chi connectivity index (χ0v) is 11.1. The highest BCUT2D eigenvalue weighted by molar-refractivity contribution is 5.45. The van der Waals surface area contributed by atoms with E-state index in [0.29, 0.717) is 0 Å². The van der Waals surface area contributed by atoms with Crippen molar-refractivity contribution in [1.29, 1.82) is 0 Å². The monoisotopic (exact) mass is 258 g/mol. The van der Waals surface area contributed by atoms with E-state index in [1.807, 2.05) is 31.3 Å². The molecule has 2 rings (SSSR count). The van der Waals surface area contributed by atoms with Gasteiger partial charge in [0.25, 0.3) is 0 Å². The summed E-state index contributed by atoms with van der Waals surface area (Å²) in [5, 5.41) is 3.36. The van der Waals surface area contributed by atoms with Crippen LogP contribution in [0.1, 0.15) is 6.42 Å². The van der Waals surface area contributed by atoms with Gasteiger partial charge in [0.2, 0.25) is 0 Å². The molecule has 0 aliphatic rings. The molecule has 0 saturated carbocycles. The minimum atomic E-state index is -0.188. The van der Waals surface area contributed by atoms with E-state index in [2.05, 4.69) is 22.3 Å². The molecule has 0 radical (unpaired) electrons. The molecule has 2 aromatic rings. The van der Waals surface area contributed by atoms with Gasteiger partial charge in [0.05, 0.1) is 0 Å². The van der Waals surface area contributed by atoms with Crippen molar-refractivity contribution in [2.45, 2.75) is 6.42 Å². The first-order chi connectivity index (χ1) is 9.25. The van der Waals surface area contributed by atoms with Crippen molar-refractivity contribution < 1.29 is 4.39 Å². The van der Waals surface area contributed by atoms with Crippen LogP contribution in [0.15, 0.2) is 54.6 Å². The van der Waals surface area contributed by atoms with Gasteiger partial charge in [-0.25, -0.2) is 4.39 Å².